The van der Waals surface area contributed by atoms with E-state index in [0.717, 1.165) is 35.3 Å². The molecule has 4 nitrogen and oxygen atoms in total. The van der Waals surface area contributed by atoms with Crippen molar-refractivity contribution in [2.75, 3.05) is 0 Å². The molecule has 5 heteroatoms. The van der Waals surface area contributed by atoms with E-state index in [4.69, 9.17) is 22.4 Å². The Morgan fingerprint density at radius 3 is 2.42 bits per heavy atom. The second-order valence-corrected chi connectivity index (χ2v) is 10.2. The van der Waals surface area contributed by atoms with Gasteiger partial charge in [0.2, 0.25) is 0 Å². The van der Waals surface area contributed by atoms with Crippen molar-refractivity contribution in [1.82, 2.24) is 5.43 Å². The molecule has 4 aromatic rings. The molecule has 0 amide bonds. The Labute approximate surface area is 199 Å². The first kappa shape index (κ1) is 21.7. The molecular formula is C28H29N3OS. The second kappa shape index (κ2) is 7.99. The second-order valence-electron chi connectivity index (χ2n) is 9.72. The number of aryl methyl sites for hydroxylation is 3. The summed E-state index contributed by atoms with van der Waals surface area (Å²) in [5.74, 6) is 1.03. The number of nitrogens with zero attached hydrogens (tertiary/aromatic N) is 1. The van der Waals surface area contributed by atoms with E-state index in [1.165, 1.54) is 33.0 Å². The highest BCUT2D eigenvalue weighted by Gasteiger charge is 2.46. The molecule has 0 radical (unpaired) electrons. The summed E-state index contributed by atoms with van der Waals surface area (Å²) in [6.07, 6.45) is 1.99. The monoisotopic (exact) mass is 455 g/mol. The van der Waals surface area contributed by atoms with E-state index >= 15 is 0 Å². The van der Waals surface area contributed by atoms with Crippen LogP contribution < -0.4 is 11.2 Å². The van der Waals surface area contributed by atoms with Gasteiger partial charge in [-0.05, 0) is 90.8 Å². The zero-order valence-corrected chi connectivity index (χ0v) is 20.3. The lowest BCUT2D eigenvalue weighted by molar-refractivity contribution is 0.214. The van der Waals surface area contributed by atoms with Crippen molar-refractivity contribution in [2.45, 2.75) is 46.0 Å². The topological polar surface area (TPSA) is 63.5 Å². The summed E-state index contributed by atoms with van der Waals surface area (Å²) in [4.78, 5) is 0. The minimum absolute atomic E-state index is 0.106. The summed E-state index contributed by atoms with van der Waals surface area (Å²) < 4.78 is 6.31. The summed E-state index contributed by atoms with van der Waals surface area (Å²) in [6.45, 7) is 8.97. The van der Waals surface area contributed by atoms with Crippen molar-refractivity contribution in [3.8, 4) is 0 Å². The van der Waals surface area contributed by atoms with Crippen molar-refractivity contribution < 1.29 is 4.42 Å². The average molecular weight is 456 g/mol. The summed E-state index contributed by atoms with van der Waals surface area (Å²) in [7, 11) is 0. The third-order valence-electron chi connectivity index (χ3n) is 7.03. The van der Waals surface area contributed by atoms with Crippen LogP contribution in [0.3, 0.4) is 0 Å². The van der Waals surface area contributed by atoms with E-state index < -0.39 is 0 Å². The van der Waals surface area contributed by atoms with Crippen molar-refractivity contribution in [1.29, 1.82) is 0 Å². The van der Waals surface area contributed by atoms with Gasteiger partial charge in [0.25, 0.3) is 0 Å². The molecule has 0 bridgehead atoms. The maximum atomic E-state index is 6.31. The van der Waals surface area contributed by atoms with Gasteiger partial charge in [0.15, 0.2) is 10.9 Å². The SMILES string of the molecule is Cc1cc(C)c(C2(C)CC(C(=NNC(N)=S)c3cc4c(ccc5ccccc54)o3)C2)c(C)c1. The molecule has 1 saturated carbocycles. The standard InChI is InChI=1S/C28H29N3OS/c1-16-11-17(2)25(18(3)12-16)28(4)14-20(15-28)26(30-31-27(29)33)24-13-22-21-8-6-5-7-19(21)9-10-23(22)32-24/h5-13,20H,14-15H2,1-4H3,(H3,29,31,33). The molecule has 1 aromatic heterocycles. The maximum absolute atomic E-state index is 6.31. The van der Waals surface area contributed by atoms with Gasteiger partial charge >= 0.3 is 0 Å². The third kappa shape index (κ3) is 3.80. The summed E-state index contributed by atoms with van der Waals surface area (Å²) in [6, 6.07) is 19.2. The smallest absolute Gasteiger partial charge is 0.184 e. The zero-order chi connectivity index (χ0) is 23.3. The van der Waals surface area contributed by atoms with Gasteiger partial charge in [-0.1, -0.05) is 55.0 Å². The van der Waals surface area contributed by atoms with Crippen LogP contribution in [0.2, 0.25) is 0 Å². The number of benzene rings is 3. The highest BCUT2D eigenvalue weighted by molar-refractivity contribution is 7.80. The van der Waals surface area contributed by atoms with E-state index in [1.54, 1.807) is 0 Å². The largest absolute Gasteiger partial charge is 0.455 e. The minimum Gasteiger partial charge on any atom is -0.455 e. The lowest BCUT2D eigenvalue weighted by Gasteiger charge is -2.47. The van der Waals surface area contributed by atoms with Crippen LogP contribution in [0.5, 0.6) is 0 Å². The van der Waals surface area contributed by atoms with Gasteiger partial charge in [0, 0.05) is 11.3 Å². The van der Waals surface area contributed by atoms with Gasteiger partial charge in [-0.3, -0.25) is 5.43 Å². The molecule has 5 rings (SSSR count). The molecule has 0 aliphatic heterocycles. The highest BCUT2D eigenvalue weighted by Crippen LogP contribution is 2.51. The first-order valence-electron chi connectivity index (χ1n) is 11.4. The van der Waals surface area contributed by atoms with Gasteiger partial charge < -0.3 is 10.2 Å². The Bertz CT molecular complexity index is 1400. The summed E-state index contributed by atoms with van der Waals surface area (Å²) >= 11 is 5.03. The molecule has 0 spiro atoms. The molecule has 0 saturated heterocycles. The third-order valence-corrected chi connectivity index (χ3v) is 7.12. The molecule has 1 aliphatic carbocycles. The molecule has 168 valence electrons. The Hall–Kier alpha value is -3.18. The van der Waals surface area contributed by atoms with E-state index in [1.807, 2.05) is 6.07 Å². The Morgan fingerprint density at radius 1 is 1.03 bits per heavy atom. The number of hydrazone groups is 1. The molecule has 33 heavy (non-hydrogen) atoms. The van der Waals surface area contributed by atoms with Crippen molar-refractivity contribution >= 4 is 44.8 Å². The van der Waals surface area contributed by atoms with Crippen LogP contribution in [0.25, 0.3) is 21.7 Å². The molecule has 1 fully saturated rings. The van der Waals surface area contributed by atoms with Crippen LogP contribution in [-0.4, -0.2) is 10.8 Å². The van der Waals surface area contributed by atoms with Crippen LogP contribution in [0.15, 0.2) is 64.1 Å². The maximum Gasteiger partial charge on any atom is 0.184 e. The number of nitrogens with two attached hydrogens (primary N) is 1. The van der Waals surface area contributed by atoms with Crippen LogP contribution in [0.1, 0.15) is 47.8 Å². The molecule has 1 heterocycles. The first-order valence-corrected chi connectivity index (χ1v) is 11.8. The van der Waals surface area contributed by atoms with Gasteiger partial charge in [-0.25, -0.2) is 0 Å². The van der Waals surface area contributed by atoms with Crippen LogP contribution in [0, 0.1) is 26.7 Å². The average Bonchev–Trinajstić information content (AvgIpc) is 3.16. The number of hydrogen-bond donors (Lipinski definition) is 2. The summed E-state index contributed by atoms with van der Waals surface area (Å²) in [5, 5.41) is 8.24. The van der Waals surface area contributed by atoms with Crippen molar-refractivity contribution in [3.63, 3.8) is 0 Å². The van der Waals surface area contributed by atoms with Crippen LogP contribution in [-0.2, 0) is 5.41 Å². The Balaban J connectivity index is 1.52. The molecular weight excluding hydrogens is 426 g/mol. The van der Waals surface area contributed by atoms with Gasteiger partial charge in [0.05, 0.1) is 0 Å². The van der Waals surface area contributed by atoms with Crippen LogP contribution in [0.4, 0.5) is 0 Å². The fourth-order valence-corrected chi connectivity index (χ4v) is 5.98. The van der Waals surface area contributed by atoms with Crippen LogP contribution >= 0.6 is 12.2 Å². The number of rotatable bonds is 4. The first-order chi connectivity index (χ1) is 15.7. The molecule has 0 unspecified atom stereocenters. The molecule has 3 N–H and O–H groups in total. The minimum atomic E-state index is 0.106. The number of hydrogen-bond acceptors (Lipinski definition) is 3. The Kier molecular flexibility index (Phi) is 5.25. The molecule has 3 aromatic carbocycles. The predicted octanol–water partition coefficient (Wildman–Crippen LogP) is 6.42. The number of furan rings is 1. The molecule has 0 atom stereocenters. The predicted molar refractivity (Wildman–Crippen MR) is 141 cm³/mol. The fraction of sp³-hybridized carbons (Fsp3) is 0.286. The van der Waals surface area contributed by atoms with E-state index in [-0.39, 0.29) is 16.4 Å². The lowest BCUT2D eigenvalue weighted by atomic mass is 9.57. The lowest BCUT2D eigenvalue weighted by Crippen LogP contribution is -2.44. The number of nitrogens with one attached hydrogen (secondary N) is 1. The quantitative estimate of drug-likeness (QED) is 0.212. The summed E-state index contributed by atoms with van der Waals surface area (Å²) in [5.41, 5.74) is 15.9. The highest BCUT2D eigenvalue weighted by atomic mass is 32.1. The van der Waals surface area contributed by atoms with E-state index in [9.17, 15) is 0 Å². The molecule has 1 aliphatic rings. The van der Waals surface area contributed by atoms with Gasteiger partial charge in [-0.2, -0.15) is 5.10 Å². The van der Waals surface area contributed by atoms with Gasteiger partial charge in [0.1, 0.15) is 11.3 Å². The fourth-order valence-electron chi connectivity index (χ4n) is 5.94. The Morgan fingerprint density at radius 2 is 1.73 bits per heavy atom. The van der Waals surface area contributed by atoms with Crippen molar-refractivity contribution in [3.05, 3.63) is 82.6 Å². The normalized spacial score (nSPS) is 20.7. The number of thiocarbonyl (C=S) groups is 1. The van der Waals surface area contributed by atoms with E-state index in [2.05, 4.69) is 86.8 Å². The number of fused-ring (bicyclic) bond motifs is 3. The van der Waals surface area contributed by atoms with Gasteiger partial charge in [-0.15, -0.1) is 0 Å². The zero-order valence-electron chi connectivity index (χ0n) is 19.5. The van der Waals surface area contributed by atoms with E-state index in [0.29, 0.717) is 0 Å². The van der Waals surface area contributed by atoms with Crippen molar-refractivity contribution in [2.24, 2.45) is 16.8 Å².